The molecule has 0 radical (unpaired) electrons. The Morgan fingerprint density at radius 3 is 2.37 bits per heavy atom. The molecule has 3 aliphatic rings. The molecule has 5 rings (SSSR count). The van der Waals surface area contributed by atoms with Gasteiger partial charge < -0.3 is 19.5 Å². The number of benzene rings is 2. The van der Waals surface area contributed by atoms with Crippen LogP contribution in [-0.4, -0.2) is 79.0 Å². The van der Waals surface area contributed by atoms with Gasteiger partial charge in [-0.3, -0.25) is 9.69 Å². The first-order chi connectivity index (χ1) is 19.6. The smallest absolute Gasteiger partial charge is 0.326 e. The van der Waals surface area contributed by atoms with E-state index in [9.17, 15) is 19.1 Å². The molecule has 222 valence electrons. The number of rotatable bonds is 10. The molecular weight excluding hydrogens is 577 g/mol. The van der Waals surface area contributed by atoms with Crippen LogP contribution < -0.4 is 4.74 Å². The molecule has 1 N–H and O–H groups in total. The van der Waals surface area contributed by atoms with Crippen LogP contribution in [0.25, 0.3) is 0 Å². The number of likely N-dealkylation sites (tertiary alicyclic amines) is 2. The lowest BCUT2D eigenvalue weighted by Crippen LogP contribution is -2.41. The topological polar surface area (TPSA) is 79.3 Å². The zero-order valence-electron chi connectivity index (χ0n) is 22.8. The first-order valence-electron chi connectivity index (χ1n) is 14.0. The van der Waals surface area contributed by atoms with Crippen molar-refractivity contribution in [2.75, 3.05) is 40.0 Å². The summed E-state index contributed by atoms with van der Waals surface area (Å²) < 4.78 is 40.8. The fourth-order valence-corrected chi connectivity index (χ4v) is 6.49. The summed E-state index contributed by atoms with van der Waals surface area (Å²) in [5.74, 6) is -2.07. The van der Waals surface area contributed by atoms with E-state index in [1.165, 1.54) is 12.1 Å². The van der Waals surface area contributed by atoms with Crippen molar-refractivity contribution in [1.82, 2.24) is 9.80 Å². The van der Waals surface area contributed by atoms with Crippen molar-refractivity contribution in [2.24, 2.45) is 5.92 Å². The Kier molecular flexibility index (Phi) is 9.38. The van der Waals surface area contributed by atoms with Gasteiger partial charge in [-0.25, -0.2) is 13.6 Å². The number of hydrogen-bond donors (Lipinski definition) is 1. The van der Waals surface area contributed by atoms with Crippen molar-refractivity contribution in [3.05, 3.63) is 62.9 Å². The minimum atomic E-state index is -1.45. The number of ether oxygens (including phenoxy) is 2. The van der Waals surface area contributed by atoms with E-state index in [1.807, 2.05) is 12.1 Å². The molecule has 3 atom stereocenters. The van der Waals surface area contributed by atoms with Crippen LogP contribution in [0.5, 0.6) is 5.75 Å². The molecule has 41 heavy (non-hydrogen) atoms. The third kappa shape index (κ3) is 6.96. The zero-order chi connectivity index (χ0) is 29.3. The van der Waals surface area contributed by atoms with Gasteiger partial charge in [0.15, 0.2) is 0 Å². The maximum Gasteiger partial charge on any atom is 0.326 e. The molecule has 7 nitrogen and oxygen atoms in total. The van der Waals surface area contributed by atoms with E-state index in [1.54, 1.807) is 13.2 Å². The van der Waals surface area contributed by atoms with Gasteiger partial charge in [0.1, 0.15) is 23.8 Å². The molecule has 1 amide bonds. The summed E-state index contributed by atoms with van der Waals surface area (Å²) in [7, 11) is 1.67. The Morgan fingerprint density at radius 2 is 1.76 bits per heavy atom. The second-order valence-electron chi connectivity index (χ2n) is 11.3. The molecule has 0 bridgehead atoms. The molecule has 2 aliphatic heterocycles. The number of carboxylic acids is 1. The Balaban J connectivity index is 1.24. The Hall–Kier alpha value is -2.46. The van der Waals surface area contributed by atoms with Crippen LogP contribution in [0.1, 0.15) is 65.5 Å². The molecule has 3 fully saturated rings. The quantitative estimate of drug-likeness (QED) is 0.349. The average Bonchev–Trinajstić information content (AvgIpc) is 3.70. The number of carbonyl (C=O) groups excluding carboxylic acids is 1. The van der Waals surface area contributed by atoms with Crippen LogP contribution in [0.2, 0.25) is 10.0 Å². The molecule has 2 aromatic rings. The van der Waals surface area contributed by atoms with E-state index in [2.05, 4.69) is 4.90 Å². The third-order valence-corrected chi connectivity index (χ3v) is 8.74. The van der Waals surface area contributed by atoms with Gasteiger partial charge in [-0.05, 0) is 86.0 Å². The summed E-state index contributed by atoms with van der Waals surface area (Å²) >= 11 is 12.5. The van der Waals surface area contributed by atoms with Gasteiger partial charge in [0.25, 0.3) is 5.91 Å². The molecule has 2 saturated heterocycles. The highest BCUT2D eigenvalue weighted by atomic mass is 35.5. The van der Waals surface area contributed by atoms with E-state index in [4.69, 9.17) is 32.7 Å². The van der Waals surface area contributed by atoms with Crippen molar-refractivity contribution >= 4 is 35.1 Å². The number of nitrogens with zero attached hydrogens (tertiary/aromatic N) is 2. The lowest BCUT2D eigenvalue weighted by molar-refractivity contribution is -0.141. The molecule has 1 aliphatic carbocycles. The van der Waals surface area contributed by atoms with E-state index < -0.39 is 29.9 Å². The molecule has 0 aromatic heterocycles. The van der Waals surface area contributed by atoms with Gasteiger partial charge in [-0.15, -0.1) is 0 Å². The summed E-state index contributed by atoms with van der Waals surface area (Å²) in [6, 6.07) is 6.95. The minimum Gasteiger partial charge on any atom is -0.493 e. The fraction of sp³-hybridized carbons (Fsp3) is 0.533. The van der Waals surface area contributed by atoms with Gasteiger partial charge in [-0.2, -0.15) is 0 Å². The van der Waals surface area contributed by atoms with Crippen molar-refractivity contribution in [1.29, 1.82) is 0 Å². The zero-order valence-corrected chi connectivity index (χ0v) is 24.3. The predicted molar refractivity (Wildman–Crippen MR) is 151 cm³/mol. The van der Waals surface area contributed by atoms with Gasteiger partial charge >= 0.3 is 5.97 Å². The highest BCUT2D eigenvalue weighted by Gasteiger charge is 2.41. The number of hydrogen-bond acceptors (Lipinski definition) is 5. The fourth-order valence-electron chi connectivity index (χ4n) is 5.95. The lowest BCUT2D eigenvalue weighted by Gasteiger charge is -2.37. The molecule has 0 spiro atoms. The Labute approximate surface area is 248 Å². The van der Waals surface area contributed by atoms with Crippen molar-refractivity contribution in [3.63, 3.8) is 0 Å². The van der Waals surface area contributed by atoms with Crippen molar-refractivity contribution in [3.8, 4) is 5.75 Å². The second-order valence-corrected chi connectivity index (χ2v) is 12.1. The normalized spacial score (nSPS) is 22.6. The predicted octanol–water partition coefficient (Wildman–Crippen LogP) is 6.13. The van der Waals surface area contributed by atoms with E-state index >= 15 is 4.39 Å². The maximum absolute atomic E-state index is 15.2. The number of halogens is 4. The van der Waals surface area contributed by atoms with Gasteiger partial charge in [0, 0.05) is 29.6 Å². The number of aliphatic carboxylic acids is 1. The van der Waals surface area contributed by atoms with Crippen LogP contribution in [-0.2, 0) is 9.53 Å². The Morgan fingerprint density at radius 1 is 1.07 bits per heavy atom. The first-order valence-corrected chi connectivity index (χ1v) is 14.7. The molecule has 0 unspecified atom stereocenters. The van der Waals surface area contributed by atoms with Crippen molar-refractivity contribution in [2.45, 2.75) is 56.3 Å². The molecule has 11 heteroatoms. The van der Waals surface area contributed by atoms with Crippen LogP contribution in [0.4, 0.5) is 8.78 Å². The average molecular weight is 612 g/mol. The minimum absolute atomic E-state index is 0.0164. The molecule has 2 heterocycles. The third-order valence-electron chi connectivity index (χ3n) is 8.30. The summed E-state index contributed by atoms with van der Waals surface area (Å²) in [5.41, 5.74) is 1.51. The molecule has 1 saturated carbocycles. The molecular formula is C30H34Cl2F2N2O5. The van der Waals surface area contributed by atoms with Gasteiger partial charge in [0.05, 0.1) is 31.4 Å². The van der Waals surface area contributed by atoms with Crippen LogP contribution >= 0.6 is 23.2 Å². The number of carboxylic acid groups (broad SMARTS) is 1. The summed E-state index contributed by atoms with van der Waals surface area (Å²) in [6.07, 6.45) is 1.81. The maximum atomic E-state index is 15.2. The largest absolute Gasteiger partial charge is 0.493 e. The van der Waals surface area contributed by atoms with Gasteiger partial charge in [0.2, 0.25) is 0 Å². The number of amides is 1. The monoisotopic (exact) mass is 610 g/mol. The van der Waals surface area contributed by atoms with E-state index in [0.717, 1.165) is 54.8 Å². The summed E-state index contributed by atoms with van der Waals surface area (Å²) in [5, 5.41) is 10.6. The highest BCUT2D eigenvalue weighted by Crippen LogP contribution is 2.45. The number of methoxy groups -OCH3 is 1. The highest BCUT2D eigenvalue weighted by molar-refractivity contribution is 6.34. The Bertz CT molecular complexity index is 1270. The summed E-state index contributed by atoms with van der Waals surface area (Å²) in [4.78, 5) is 27.9. The SMILES string of the molecule is COC[C@@H](c1cc(Cl)cc(Cl)c1)N1CCC(COc2cc(F)c(C(=O)N3C[C@H](F)C[C@H]3C(=O)O)cc2C2CC2)CC1. The van der Waals surface area contributed by atoms with Crippen LogP contribution in [0.15, 0.2) is 30.3 Å². The number of carbonyl (C=O) groups is 2. The van der Waals surface area contributed by atoms with Crippen LogP contribution in [0, 0.1) is 11.7 Å². The summed E-state index contributed by atoms with van der Waals surface area (Å²) in [6.45, 7) is 2.19. The van der Waals surface area contributed by atoms with E-state index in [-0.39, 0.29) is 36.4 Å². The second kappa shape index (κ2) is 12.8. The number of piperidine rings is 1. The van der Waals surface area contributed by atoms with Crippen molar-refractivity contribution < 1.29 is 33.0 Å². The van der Waals surface area contributed by atoms with Crippen LogP contribution in [0.3, 0.4) is 0 Å². The number of alkyl halides is 1. The van der Waals surface area contributed by atoms with Gasteiger partial charge in [-0.1, -0.05) is 23.2 Å². The molecule has 2 aromatic carbocycles. The van der Waals surface area contributed by atoms with E-state index in [0.29, 0.717) is 29.0 Å². The first kappa shape index (κ1) is 30.0. The standard InChI is InChI=1S/C30H34Cl2F2N2O5/c1-40-16-27(19-8-20(31)10-21(32)9-19)35-6-4-17(5-7-35)15-41-28-13-25(34)24(12-23(28)18-2-3-18)29(37)36-14-22(33)11-26(36)30(38)39/h8-10,12-13,17-18,22,26-27H,2-7,11,14-16H2,1H3,(H,38,39)/t22-,26+,27+/m1/s1. The lowest BCUT2D eigenvalue weighted by atomic mass is 9.95.